The number of likely N-dealkylation sites (tertiary alicyclic amines) is 1. The van der Waals surface area contributed by atoms with Gasteiger partial charge in [-0.15, -0.1) is 5.10 Å². The van der Waals surface area contributed by atoms with E-state index in [1.165, 1.54) is 6.07 Å². The largest absolute Gasteiger partial charge is 0.419 e. The number of alkyl halides is 3. The van der Waals surface area contributed by atoms with Gasteiger partial charge in [-0.3, -0.25) is 4.79 Å². The third-order valence-corrected chi connectivity index (χ3v) is 6.20. The van der Waals surface area contributed by atoms with Gasteiger partial charge in [-0.2, -0.15) is 23.1 Å². The lowest BCUT2D eigenvalue weighted by Gasteiger charge is -2.28. The quantitative estimate of drug-likeness (QED) is 0.539. The standard InChI is InChI=1S/C22H31F3N8O2/c1-31-9-4-16(5-10-31)33-28-14-20(30-33)29-19-12-18(17(13-27-19)22(23,24)25)26-6-2-7-32-8-3-11-35-15-21(32)34/h12-14,16H,2-11,15H2,1H3,(H2,26,27,29,30). The summed E-state index contributed by atoms with van der Waals surface area (Å²) in [7, 11) is 2.07. The van der Waals surface area contributed by atoms with Crippen LogP contribution < -0.4 is 10.6 Å². The van der Waals surface area contributed by atoms with Crippen molar-refractivity contribution < 1.29 is 22.7 Å². The summed E-state index contributed by atoms with van der Waals surface area (Å²) in [5.41, 5.74) is -0.930. The lowest BCUT2D eigenvalue weighted by Crippen LogP contribution is -2.34. The third kappa shape index (κ3) is 6.82. The fourth-order valence-corrected chi connectivity index (χ4v) is 4.22. The highest BCUT2D eigenvalue weighted by molar-refractivity contribution is 5.77. The first-order valence-corrected chi connectivity index (χ1v) is 11.8. The Kier molecular flexibility index (Phi) is 8.06. The molecule has 0 atom stereocenters. The minimum atomic E-state index is -4.55. The minimum Gasteiger partial charge on any atom is -0.384 e. The number of anilines is 3. The van der Waals surface area contributed by atoms with Gasteiger partial charge in [-0.25, -0.2) is 4.98 Å². The van der Waals surface area contributed by atoms with Crippen LogP contribution in [0.15, 0.2) is 18.5 Å². The van der Waals surface area contributed by atoms with E-state index in [2.05, 4.69) is 37.8 Å². The molecule has 4 rings (SSSR count). The zero-order valence-corrected chi connectivity index (χ0v) is 19.7. The third-order valence-electron chi connectivity index (χ3n) is 6.20. The topological polar surface area (TPSA) is 100 Å². The predicted molar refractivity (Wildman–Crippen MR) is 123 cm³/mol. The molecular formula is C22H31F3N8O2. The average Bonchev–Trinajstić information content (AvgIpc) is 3.18. The van der Waals surface area contributed by atoms with Crippen LogP contribution in [-0.2, 0) is 15.7 Å². The number of amides is 1. The Balaban J connectivity index is 1.38. The Morgan fingerprint density at radius 2 is 1.97 bits per heavy atom. The van der Waals surface area contributed by atoms with E-state index in [0.717, 1.165) is 38.5 Å². The first-order valence-electron chi connectivity index (χ1n) is 11.8. The van der Waals surface area contributed by atoms with Crippen molar-refractivity contribution in [2.24, 2.45) is 0 Å². The molecule has 10 nitrogen and oxygen atoms in total. The zero-order valence-electron chi connectivity index (χ0n) is 19.7. The Hall–Kier alpha value is -2.93. The number of nitrogens with one attached hydrogen (secondary N) is 2. The molecule has 2 aliphatic rings. The molecule has 4 heterocycles. The predicted octanol–water partition coefficient (Wildman–Crippen LogP) is 2.75. The zero-order chi connectivity index (χ0) is 24.8. The number of hydrogen-bond donors (Lipinski definition) is 2. The number of nitrogens with zero attached hydrogens (tertiary/aromatic N) is 6. The number of ether oxygens (including phenoxy) is 1. The smallest absolute Gasteiger partial charge is 0.384 e. The highest BCUT2D eigenvalue weighted by Crippen LogP contribution is 2.35. The van der Waals surface area contributed by atoms with Crippen molar-refractivity contribution in [3.63, 3.8) is 0 Å². The van der Waals surface area contributed by atoms with Crippen molar-refractivity contribution >= 4 is 23.2 Å². The van der Waals surface area contributed by atoms with E-state index < -0.39 is 11.7 Å². The molecule has 192 valence electrons. The van der Waals surface area contributed by atoms with Crippen molar-refractivity contribution in [1.82, 2.24) is 29.8 Å². The molecule has 35 heavy (non-hydrogen) atoms. The monoisotopic (exact) mass is 496 g/mol. The normalized spacial score (nSPS) is 18.5. The highest BCUT2D eigenvalue weighted by atomic mass is 19.4. The second kappa shape index (κ2) is 11.2. The number of hydrogen-bond acceptors (Lipinski definition) is 8. The summed E-state index contributed by atoms with van der Waals surface area (Å²) in [6, 6.07) is 1.52. The molecule has 2 aromatic rings. The molecule has 13 heteroatoms. The molecule has 0 unspecified atom stereocenters. The van der Waals surface area contributed by atoms with Gasteiger partial charge in [-0.05, 0) is 45.8 Å². The molecule has 2 saturated heterocycles. The number of carbonyl (C=O) groups excluding carboxylic acids is 1. The van der Waals surface area contributed by atoms with E-state index in [9.17, 15) is 18.0 Å². The van der Waals surface area contributed by atoms with E-state index in [1.807, 2.05) is 0 Å². The summed E-state index contributed by atoms with van der Waals surface area (Å²) in [5, 5.41) is 14.6. The molecule has 0 saturated carbocycles. The molecule has 2 fully saturated rings. The molecule has 0 aliphatic carbocycles. The van der Waals surface area contributed by atoms with Crippen LogP contribution >= 0.6 is 0 Å². The van der Waals surface area contributed by atoms with Crippen molar-refractivity contribution in [3.8, 4) is 0 Å². The molecule has 2 aromatic heterocycles. The van der Waals surface area contributed by atoms with E-state index in [1.54, 1.807) is 15.9 Å². The molecular weight excluding hydrogens is 465 g/mol. The fraction of sp³-hybridized carbons (Fsp3) is 0.636. The summed E-state index contributed by atoms with van der Waals surface area (Å²) < 4.78 is 45.8. The Bertz CT molecular complexity index is 991. The summed E-state index contributed by atoms with van der Waals surface area (Å²) in [6.07, 6.45) is 0.927. The Morgan fingerprint density at radius 1 is 1.17 bits per heavy atom. The molecule has 1 amide bonds. The van der Waals surface area contributed by atoms with Crippen LogP contribution in [0.1, 0.15) is 37.3 Å². The van der Waals surface area contributed by atoms with Gasteiger partial charge in [-0.1, -0.05) is 0 Å². The molecule has 0 spiro atoms. The maximum atomic E-state index is 13.5. The first-order chi connectivity index (χ1) is 16.8. The Labute approximate surface area is 201 Å². The van der Waals surface area contributed by atoms with Crippen LogP contribution in [0.3, 0.4) is 0 Å². The van der Waals surface area contributed by atoms with Gasteiger partial charge in [0.25, 0.3) is 0 Å². The first kappa shape index (κ1) is 25.2. The summed E-state index contributed by atoms with van der Waals surface area (Å²) in [5.74, 6) is 0.557. The summed E-state index contributed by atoms with van der Waals surface area (Å²) in [6.45, 7) is 3.82. The number of rotatable bonds is 8. The number of aromatic nitrogens is 4. The molecule has 2 N–H and O–H groups in total. The summed E-state index contributed by atoms with van der Waals surface area (Å²) in [4.78, 5) is 21.5. The molecule has 2 aliphatic heterocycles. The van der Waals surface area contributed by atoms with Gasteiger partial charge in [0.2, 0.25) is 5.91 Å². The SMILES string of the molecule is CN1CCC(n2ncc(Nc3cc(NCCCN4CCCOCC4=O)c(C(F)(F)F)cn3)n2)CC1. The van der Waals surface area contributed by atoms with Crippen LogP contribution in [0, 0.1) is 0 Å². The second-order valence-corrected chi connectivity index (χ2v) is 8.89. The van der Waals surface area contributed by atoms with E-state index in [4.69, 9.17) is 4.74 Å². The van der Waals surface area contributed by atoms with Crippen molar-refractivity contribution in [3.05, 3.63) is 24.0 Å². The fourth-order valence-electron chi connectivity index (χ4n) is 4.22. The molecule has 0 bridgehead atoms. The van der Waals surface area contributed by atoms with Crippen molar-refractivity contribution in [2.45, 2.75) is 37.9 Å². The number of halogens is 3. The van der Waals surface area contributed by atoms with E-state index in [0.29, 0.717) is 31.9 Å². The summed E-state index contributed by atoms with van der Waals surface area (Å²) >= 11 is 0. The van der Waals surface area contributed by atoms with Crippen LogP contribution in [0.5, 0.6) is 0 Å². The van der Waals surface area contributed by atoms with Gasteiger partial charge < -0.3 is 25.2 Å². The van der Waals surface area contributed by atoms with Gasteiger partial charge in [0, 0.05) is 38.5 Å². The van der Waals surface area contributed by atoms with Gasteiger partial charge in [0.05, 0.1) is 23.5 Å². The average molecular weight is 497 g/mol. The lowest BCUT2D eigenvalue weighted by molar-refractivity contribution is -0.137. The van der Waals surface area contributed by atoms with Crippen LogP contribution in [0.25, 0.3) is 0 Å². The highest BCUT2D eigenvalue weighted by Gasteiger charge is 2.34. The maximum Gasteiger partial charge on any atom is 0.419 e. The van der Waals surface area contributed by atoms with Crippen LogP contribution in [0.2, 0.25) is 0 Å². The number of carbonyl (C=O) groups is 1. The van der Waals surface area contributed by atoms with Gasteiger partial charge >= 0.3 is 6.18 Å². The van der Waals surface area contributed by atoms with Gasteiger partial charge in [0.15, 0.2) is 5.82 Å². The van der Waals surface area contributed by atoms with Crippen molar-refractivity contribution in [1.29, 1.82) is 0 Å². The lowest BCUT2D eigenvalue weighted by atomic mass is 10.1. The minimum absolute atomic E-state index is 0.0491. The number of piperidine rings is 1. The maximum absolute atomic E-state index is 13.5. The van der Waals surface area contributed by atoms with E-state index in [-0.39, 0.29) is 36.6 Å². The van der Waals surface area contributed by atoms with E-state index >= 15 is 0 Å². The molecule has 0 aromatic carbocycles. The molecule has 0 radical (unpaired) electrons. The van der Waals surface area contributed by atoms with Gasteiger partial charge in [0.1, 0.15) is 12.4 Å². The van der Waals surface area contributed by atoms with Crippen LogP contribution in [0.4, 0.5) is 30.5 Å². The van der Waals surface area contributed by atoms with Crippen LogP contribution in [-0.4, -0.2) is 88.7 Å². The van der Waals surface area contributed by atoms with Crippen molar-refractivity contribution in [2.75, 3.05) is 63.6 Å². The second-order valence-electron chi connectivity index (χ2n) is 8.89. The Morgan fingerprint density at radius 3 is 2.74 bits per heavy atom. The number of pyridine rings is 1.